The number of carbonyl (C=O) groups excluding carboxylic acids is 4. The van der Waals surface area contributed by atoms with Crippen molar-refractivity contribution in [3.63, 3.8) is 0 Å². The quantitative estimate of drug-likeness (QED) is 0.612. The molecule has 0 unspecified atom stereocenters. The minimum absolute atomic E-state index is 0.389. The summed E-state index contributed by atoms with van der Waals surface area (Å²) in [6, 6.07) is 2.74. The molecule has 1 saturated heterocycles. The van der Waals surface area contributed by atoms with Gasteiger partial charge in [0.2, 0.25) is 0 Å². The fraction of sp³-hybridized carbons (Fsp3) is 0.529. The molecule has 2 fully saturated rings. The average Bonchev–Trinajstić information content (AvgIpc) is 3.13. The van der Waals surface area contributed by atoms with Crippen molar-refractivity contribution in [3.8, 4) is 0 Å². The molecule has 3 rings (SSSR count). The first-order chi connectivity index (χ1) is 12.3. The van der Waals surface area contributed by atoms with E-state index in [4.69, 9.17) is 4.74 Å². The number of amides is 4. The van der Waals surface area contributed by atoms with Gasteiger partial charge in [-0.25, -0.2) is 9.59 Å². The van der Waals surface area contributed by atoms with Crippen molar-refractivity contribution in [1.29, 1.82) is 0 Å². The maximum atomic E-state index is 12.6. The zero-order chi connectivity index (χ0) is 18.9. The molecule has 4 amide bonds. The SMILES string of the molecule is Cc1ccc(C(=O)OCC(=O)NN2C(=O)NC3(CCC(C)CC3)C2=O)s1. The van der Waals surface area contributed by atoms with Gasteiger partial charge in [-0.2, -0.15) is 5.01 Å². The minimum Gasteiger partial charge on any atom is -0.451 e. The maximum absolute atomic E-state index is 12.6. The molecule has 0 bridgehead atoms. The van der Waals surface area contributed by atoms with Crippen LogP contribution in [0.4, 0.5) is 4.79 Å². The highest BCUT2D eigenvalue weighted by molar-refractivity contribution is 7.13. The molecule has 0 atom stereocenters. The van der Waals surface area contributed by atoms with Gasteiger partial charge in [0, 0.05) is 4.88 Å². The lowest BCUT2D eigenvalue weighted by Crippen LogP contribution is -2.52. The van der Waals surface area contributed by atoms with Gasteiger partial charge in [-0.1, -0.05) is 6.92 Å². The van der Waals surface area contributed by atoms with Gasteiger partial charge in [-0.15, -0.1) is 11.3 Å². The van der Waals surface area contributed by atoms with Crippen LogP contribution in [0.5, 0.6) is 0 Å². The zero-order valence-corrected chi connectivity index (χ0v) is 15.5. The number of hydrogen-bond donors (Lipinski definition) is 2. The Balaban J connectivity index is 1.55. The second-order valence-corrected chi connectivity index (χ2v) is 8.14. The highest BCUT2D eigenvalue weighted by atomic mass is 32.1. The molecule has 1 aliphatic heterocycles. The molecule has 0 aromatic carbocycles. The number of thiophene rings is 1. The average molecular weight is 379 g/mol. The van der Waals surface area contributed by atoms with Gasteiger partial charge in [0.25, 0.3) is 11.8 Å². The Morgan fingerprint density at radius 3 is 2.65 bits per heavy atom. The summed E-state index contributed by atoms with van der Waals surface area (Å²) >= 11 is 1.26. The normalized spacial score (nSPS) is 25.3. The third-order valence-electron chi connectivity index (χ3n) is 4.80. The summed E-state index contributed by atoms with van der Waals surface area (Å²) < 4.78 is 4.92. The van der Waals surface area contributed by atoms with Crippen LogP contribution in [0, 0.1) is 12.8 Å². The summed E-state index contributed by atoms with van der Waals surface area (Å²) in [5.41, 5.74) is 1.30. The van der Waals surface area contributed by atoms with Crippen molar-refractivity contribution in [2.24, 2.45) is 5.92 Å². The van der Waals surface area contributed by atoms with E-state index in [0.717, 1.165) is 17.7 Å². The Morgan fingerprint density at radius 2 is 2.04 bits per heavy atom. The molecular weight excluding hydrogens is 358 g/mol. The molecule has 26 heavy (non-hydrogen) atoms. The van der Waals surface area contributed by atoms with E-state index in [1.54, 1.807) is 12.1 Å². The number of ether oxygens (including phenoxy) is 1. The lowest BCUT2D eigenvalue weighted by molar-refractivity contribution is -0.141. The van der Waals surface area contributed by atoms with Crippen molar-refractivity contribution in [2.45, 2.75) is 45.1 Å². The molecule has 140 valence electrons. The van der Waals surface area contributed by atoms with Crippen LogP contribution in [0.1, 0.15) is 47.2 Å². The number of carbonyl (C=O) groups is 4. The molecule has 1 saturated carbocycles. The van der Waals surface area contributed by atoms with Crippen LogP contribution in [0.2, 0.25) is 0 Å². The van der Waals surface area contributed by atoms with E-state index in [1.165, 1.54) is 11.3 Å². The van der Waals surface area contributed by atoms with E-state index in [0.29, 0.717) is 28.6 Å². The topological polar surface area (TPSA) is 105 Å². The highest BCUT2D eigenvalue weighted by Gasteiger charge is 2.52. The number of hydrazine groups is 1. The molecule has 1 aliphatic carbocycles. The summed E-state index contributed by atoms with van der Waals surface area (Å²) in [5.74, 6) is -1.30. The zero-order valence-electron chi connectivity index (χ0n) is 14.7. The number of aryl methyl sites for hydroxylation is 1. The first-order valence-electron chi connectivity index (χ1n) is 8.50. The molecule has 8 nitrogen and oxygen atoms in total. The van der Waals surface area contributed by atoms with Crippen LogP contribution < -0.4 is 10.7 Å². The van der Waals surface area contributed by atoms with E-state index in [9.17, 15) is 19.2 Å². The van der Waals surface area contributed by atoms with Crippen LogP contribution in [-0.2, 0) is 14.3 Å². The predicted molar refractivity (Wildman–Crippen MR) is 93.2 cm³/mol. The molecule has 1 spiro atoms. The highest BCUT2D eigenvalue weighted by Crippen LogP contribution is 2.35. The number of imide groups is 1. The number of nitrogens with one attached hydrogen (secondary N) is 2. The number of rotatable bonds is 4. The van der Waals surface area contributed by atoms with Crippen LogP contribution in [0.25, 0.3) is 0 Å². The summed E-state index contributed by atoms with van der Waals surface area (Å²) in [6.07, 6.45) is 2.78. The summed E-state index contributed by atoms with van der Waals surface area (Å²) in [4.78, 5) is 49.9. The van der Waals surface area contributed by atoms with E-state index in [-0.39, 0.29) is 0 Å². The largest absolute Gasteiger partial charge is 0.451 e. The van der Waals surface area contributed by atoms with Gasteiger partial charge in [-0.05, 0) is 50.7 Å². The first-order valence-corrected chi connectivity index (χ1v) is 9.32. The molecule has 1 aromatic rings. The molecular formula is C17H21N3O5S. The second kappa shape index (κ2) is 7.06. The Bertz CT molecular complexity index is 751. The lowest BCUT2D eigenvalue weighted by atomic mass is 9.77. The van der Waals surface area contributed by atoms with Crippen molar-refractivity contribution < 1.29 is 23.9 Å². The van der Waals surface area contributed by atoms with Gasteiger partial charge in [0.1, 0.15) is 10.4 Å². The third-order valence-corrected chi connectivity index (χ3v) is 5.78. The summed E-state index contributed by atoms with van der Waals surface area (Å²) in [7, 11) is 0. The first kappa shape index (κ1) is 18.4. The Labute approximate surface area is 154 Å². The van der Waals surface area contributed by atoms with E-state index in [1.807, 2.05) is 6.92 Å². The van der Waals surface area contributed by atoms with Crippen molar-refractivity contribution in [3.05, 3.63) is 21.9 Å². The number of esters is 1. The molecule has 2 aliphatic rings. The maximum Gasteiger partial charge on any atom is 0.348 e. The van der Waals surface area contributed by atoms with Crippen LogP contribution >= 0.6 is 11.3 Å². The smallest absolute Gasteiger partial charge is 0.348 e. The van der Waals surface area contributed by atoms with Crippen LogP contribution in [-0.4, -0.2) is 41.0 Å². The Kier molecular flexibility index (Phi) is 4.99. The fourth-order valence-electron chi connectivity index (χ4n) is 3.22. The molecule has 0 radical (unpaired) electrons. The van der Waals surface area contributed by atoms with Gasteiger partial charge in [0.15, 0.2) is 6.61 Å². The molecule has 9 heteroatoms. The molecule has 1 aromatic heterocycles. The van der Waals surface area contributed by atoms with E-state index < -0.39 is 36.0 Å². The lowest BCUT2D eigenvalue weighted by Gasteiger charge is -2.33. The van der Waals surface area contributed by atoms with Crippen molar-refractivity contribution in [2.75, 3.05) is 6.61 Å². The second-order valence-electron chi connectivity index (χ2n) is 6.86. The Hall–Kier alpha value is -2.42. The third kappa shape index (κ3) is 3.57. The summed E-state index contributed by atoms with van der Waals surface area (Å²) in [5, 5.41) is 3.40. The fourth-order valence-corrected chi connectivity index (χ4v) is 3.98. The van der Waals surface area contributed by atoms with Crippen LogP contribution in [0.15, 0.2) is 12.1 Å². The van der Waals surface area contributed by atoms with Crippen molar-refractivity contribution in [1.82, 2.24) is 15.8 Å². The predicted octanol–water partition coefficient (Wildman–Crippen LogP) is 1.75. The van der Waals surface area contributed by atoms with Gasteiger partial charge >= 0.3 is 12.0 Å². The van der Waals surface area contributed by atoms with E-state index >= 15 is 0 Å². The summed E-state index contributed by atoms with van der Waals surface area (Å²) in [6.45, 7) is 3.39. The number of nitrogens with zero attached hydrogens (tertiary/aromatic N) is 1. The standard InChI is InChI=1S/C17H21N3O5S/c1-10-5-7-17(8-6-10)15(23)20(16(24)18-17)19-13(21)9-25-14(22)12-4-3-11(2)26-12/h3-4,10H,5-9H2,1-2H3,(H,18,24)(H,19,21). The number of urea groups is 1. The minimum atomic E-state index is -0.929. The van der Waals surface area contributed by atoms with Gasteiger partial charge < -0.3 is 10.1 Å². The van der Waals surface area contributed by atoms with Crippen molar-refractivity contribution >= 4 is 35.2 Å². The Morgan fingerprint density at radius 1 is 1.35 bits per heavy atom. The van der Waals surface area contributed by atoms with E-state index in [2.05, 4.69) is 17.7 Å². The number of hydrogen-bond acceptors (Lipinski definition) is 6. The monoisotopic (exact) mass is 379 g/mol. The van der Waals surface area contributed by atoms with Gasteiger partial charge in [-0.3, -0.25) is 15.0 Å². The molecule has 2 heterocycles. The molecule has 2 N–H and O–H groups in total. The van der Waals surface area contributed by atoms with Gasteiger partial charge in [0.05, 0.1) is 0 Å². The van der Waals surface area contributed by atoms with Crippen LogP contribution in [0.3, 0.4) is 0 Å².